The first-order valence-electron chi connectivity index (χ1n) is 2.79. The maximum absolute atomic E-state index is 12.2. The van der Waals surface area contributed by atoms with Crippen LogP contribution in [0.5, 0.6) is 0 Å². The zero-order valence-electron chi connectivity index (χ0n) is 5.48. The number of carbonyl (C=O) groups is 1. The number of thiophene rings is 1. The van der Waals surface area contributed by atoms with Crippen LogP contribution in [0, 0.1) is 0 Å². The average Bonchev–Trinajstić information content (AvgIpc) is 2.30. The smallest absolute Gasteiger partial charge is 0.266 e. The fourth-order valence-electron chi connectivity index (χ4n) is 0.702. The largest absolute Gasteiger partial charge is 0.275 e. The first kappa shape index (κ1) is 9.89. The molecule has 12 heavy (non-hydrogen) atoms. The Labute approximate surface area is 80.9 Å². The van der Waals surface area contributed by atoms with Crippen LogP contribution in [-0.2, 0) is 0 Å². The van der Waals surface area contributed by atoms with Crippen LogP contribution in [0.15, 0.2) is 5.38 Å². The summed E-state index contributed by atoms with van der Waals surface area (Å²) in [6, 6.07) is 0. The number of rotatable bonds is 2. The van der Waals surface area contributed by atoms with Crippen molar-refractivity contribution in [2.45, 2.75) is 6.43 Å². The Morgan fingerprint density at radius 2 is 2.17 bits per heavy atom. The summed E-state index contributed by atoms with van der Waals surface area (Å²) in [6.07, 6.45) is -2.76. The van der Waals surface area contributed by atoms with Gasteiger partial charge in [-0.05, 0) is 11.6 Å². The normalized spacial score (nSPS) is 10.8. The first-order valence-corrected chi connectivity index (χ1v) is 4.42. The van der Waals surface area contributed by atoms with Crippen LogP contribution >= 0.6 is 34.5 Å². The molecule has 0 amide bonds. The summed E-state index contributed by atoms with van der Waals surface area (Å²) in [4.78, 5) is 10.4. The minimum atomic E-state index is -2.76. The molecule has 0 spiro atoms. The highest BCUT2D eigenvalue weighted by Crippen LogP contribution is 2.35. The summed E-state index contributed by atoms with van der Waals surface area (Å²) in [5.74, 6) is 0. The van der Waals surface area contributed by atoms with E-state index in [1.54, 1.807) is 0 Å². The summed E-state index contributed by atoms with van der Waals surface area (Å²) in [7, 11) is 0. The van der Waals surface area contributed by atoms with Crippen molar-refractivity contribution in [3.63, 3.8) is 0 Å². The van der Waals surface area contributed by atoms with Gasteiger partial charge in [-0.25, -0.2) is 8.78 Å². The molecule has 0 saturated carbocycles. The average molecular weight is 231 g/mol. The Bertz CT molecular complexity index is 310. The quantitative estimate of drug-likeness (QED) is 0.709. The summed E-state index contributed by atoms with van der Waals surface area (Å²) >= 11 is 11.3. The molecule has 0 aliphatic heterocycles. The Morgan fingerprint density at radius 1 is 1.58 bits per heavy atom. The Morgan fingerprint density at radius 3 is 2.50 bits per heavy atom. The third-order valence-electron chi connectivity index (χ3n) is 1.18. The third-order valence-corrected chi connectivity index (χ3v) is 2.92. The van der Waals surface area contributed by atoms with Crippen molar-refractivity contribution in [3.8, 4) is 0 Å². The molecule has 1 rings (SSSR count). The molecule has 0 bridgehead atoms. The highest BCUT2D eigenvalue weighted by Gasteiger charge is 2.22. The highest BCUT2D eigenvalue weighted by atomic mass is 35.5. The van der Waals surface area contributed by atoms with Crippen LogP contribution < -0.4 is 0 Å². The van der Waals surface area contributed by atoms with Gasteiger partial charge in [-0.1, -0.05) is 11.6 Å². The Kier molecular flexibility index (Phi) is 3.04. The zero-order valence-corrected chi connectivity index (χ0v) is 7.81. The Hall–Kier alpha value is -0.190. The predicted molar refractivity (Wildman–Crippen MR) is 44.5 cm³/mol. The summed E-state index contributed by atoms with van der Waals surface area (Å²) in [5, 5.41) is 0.250. The molecule has 0 aliphatic rings. The zero-order chi connectivity index (χ0) is 9.30. The van der Waals surface area contributed by atoms with Crippen molar-refractivity contribution >= 4 is 39.8 Å². The number of hydrogen-bond acceptors (Lipinski definition) is 2. The molecule has 6 heteroatoms. The van der Waals surface area contributed by atoms with E-state index in [2.05, 4.69) is 0 Å². The molecule has 1 heterocycles. The molecule has 0 aliphatic carbocycles. The monoisotopic (exact) mass is 230 g/mol. The van der Waals surface area contributed by atoms with Gasteiger partial charge in [-0.3, -0.25) is 4.79 Å². The molecule has 0 aromatic carbocycles. The van der Waals surface area contributed by atoms with Gasteiger partial charge in [0.05, 0.1) is 15.5 Å². The van der Waals surface area contributed by atoms with Crippen LogP contribution in [-0.4, -0.2) is 5.24 Å². The number of alkyl halides is 2. The summed E-state index contributed by atoms with van der Waals surface area (Å²) < 4.78 is 24.4. The van der Waals surface area contributed by atoms with E-state index >= 15 is 0 Å². The lowest BCUT2D eigenvalue weighted by molar-refractivity contribution is 0.107. The Balaban J connectivity index is 3.21. The van der Waals surface area contributed by atoms with Gasteiger partial charge in [-0.2, -0.15) is 0 Å². The van der Waals surface area contributed by atoms with E-state index in [0.717, 1.165) is 11.3 Å². The van der Waals surface area contributed by atoms with Gasteiger partial charge < -0.3 is 0 Å². The van der Waals surface area contributed by atoms with E-state index in [1.165, 1.54) is 5.38 Å². The number of carbonyl (C=O) groups excluding carboxylic acids is 1. The van der Waals surface area contributed by atoms with Crippen LogP contribution in [0.1, 0.15) is 21.7 Å². The minimum absolute atomic E-state index is 0.112. The second-order valence-electron chi connectivity index (χ2n) is 1.90. The van der Waals surface area contributed by atoms with Gasteiger partial charge in [-0.15, -0.1) is 11.3 Å². The first-order chi connectivity index (χ1) is 5.54. The molecule has 0 N–H and O–H groups in total. The molecule has 0 fully saturated rings. The van der Waals surface area contributed by atoms with Crippen molar-refractivity contribution in [1.82, 2.24) is 0 Å². The van der Waals surface area contributed by atoms with E-state index in [1.807, 2.05) is 0 Å². The molecule has 1 nitrogen and oxygen atoms in total. The lowest BCUT2D eigenvalue weighted by Crippen LogP contribution is -1.92. The molecule has 0 radical (unpaired) electrons. The van der Waals surface area contributed by atoms with Gasteiger partial charge >= 0.3 is 0 Å². The van der Waals surface area contributed by atoms with E-state index in [9.17, 15) is 13.6 Å². The van der Waals surface area contributed by atoms with Gasteiger partial charge in [0.15, 0.2) is 0 Å². The molecule has 0 saturated heterocycles. The lowest BCUT2D eigenvalue weighted by Gasteiger charge is -1.97. The van der Waals surface area contributed by atoms with E-state index in [4.69, 9.17) is 23.2 Å². The SMILES string of the molecule is O=C(Cl)c1scc(Cl)c1C(F)F. The van der Waals surface area contributed by atoms with Crippen molar-refractivity contribution in [2.24, 2.45) is 0 Å². The van der Waals surface area contributed by atoms with Crippen molar-refractivity contribution in [3.05, 3.63) is 20.8 Å². The van der Waals surface area contributed by atoms with Crippen LogP contribution in [0.4, 0.5) is 8.78 Å². The second kappa shape index (κ2) is 3.68. The molecular weight excluding hydrogens is 229 g/mol. The molecular formula is C6H2Cl2F2OS. The van der Waals surface area contributed by atoms with Gasteiger partial charge in [0, 0.05) is 5.38 Å². The summed E-state index contributed by atoms with van der Waals surface area (Å²) in [6.45, 7) is 0. The maximum atomic E-state index is 12.2. The molecule has 66 valence electrons. The standard InChI is InChI=1S/C6H2Cl2F2OS/c7-2-1-12-4(5(8)11)3(2)6(9)10/h1,6H. The van der Waals surface area contributed by atoms with Crippen LogP contribution in [0.25, 0.3) is 0 Å². The molecule has 0 atom stereocenters. The van der Waals surface area contributed by atoms with Crippen molar-refractivity contribution < 1.29 is 13.6 Å². The van der Waals surface area contributed by atoms with E-state index in [-0.39, 0.29) is 9.90 Å². The minimum Gasteiger partial charge on any atom is -0.275 e. The van der Waals surface area contributed by atoms with Crippen molar-refractivity contribution in [2.75, 3.05) is 0 Å². The molecule has 0 unspecified atom stereocenters. The van der Waals surface area contributed by atoms with Crippen molar-refractivity contribution in [1.29, 1.82) is 0 Å². The van der Waals surface area contributed by atoms with Gasteiger partial charge in [0.2, 0.25) is 0 Å². The maximum Gasteiger partial charge on any atom is 0.266 e. The van der Waals surface area contributed by atoms with Crippen LogP contribution in [0.3, 0.4) is 0 Å². The topological polar surface area (TPSA) is 17.1 Å². The number of halogens is 4. The second-order valence-corrected chi connectivity index (χ2v) is 3.53. The molecule has 1 aromatic heterocycles. The lowest BCUT2D eigenvalue weighted by atomic mass is 10.3. The van der Waals surface area contributed by atoms with E-state index < -0.39 is 17.2 Å². The van der Waals surface area contributed by atoms with Crippen LogP contribution in [0.2, 0.25) is 5.02 Å². The fraction of sp³-hybridized carbons (Fsp3) is 0.167. The number of hydrogen-bond donors (Lipinski definition) is 0. The third kappa shape index (κ3) is 1.76. The van der Waals surface area contributed by atoms with Gasteiger partial charge in [0.1, 0.15) is 0 Å². The summed E-state index contributed by atoms with van der Waals surface area (Å²) in [5.41, 5.74) is -0.471. The molecule has 1 aromatic rings. The van der Waals surface area contributed by atoms with Gasteiger partial charge in [0.25, 0.3) is 11.7 Å². The fourth-order valence-corrected chi connectivity index (χ4v) is 2.07. The predicted octanol–water partition coefficient (Wildman–Crippen LogP) is 3.72. The highest BCUT2D eigenvalue weighted by molar-refractivity contribution is 7.14. The van der Waals surface area contributed by atoms with E-state index in [0.29, 0.717) is 0 Å².